The van der Waals surface area contributed by atoms with Crippen LogP contribution in [0.3, 0.4) is 0 Å². The third-order valence-corrected chi connectivity index (χ3v) is 4.51. The van der Waals surface area contributed by atoms with E-state index in [2.05, 4.69) is 23.5 Å². The number of terminal acetylenes is 1. The molecule has 0 spiro atoms. The van der Waals surface area contributed by atoms with Gasteiger partial charge in [0, 0.05) is 38.6 Å². The van der Waals surface area contributed by atoms with E-state index in [1.807, 2.05) is 11.9 Å². The van der Waals surface area contributed by atoms with Gasteiger partial charge in [0.2, 0.25) is 11.8 Å². The molecule has 0 heterocycles. The lowest BCUT2D eigenvalue weighted by Crippen LogP contribution is -2.39. The van der Waals surface area contributed by atoms with Crippen LogP contribution >= 0.6 is 0 Å². The Labute approximate surface area is 200 Å². The fraction of sp³-hybridized carbons (Fsp3) is 0.400. The number of hydrogen-bond acceptors (Lipinski definition) is 6. The summed E-state index contributed by atoms with van der Waals surface area (Å²) in [5.41, 5.74) is 2.00. The van der Waals surface area contributed by atoms with Crippen molar-refractivity contribution in [1.82, 2.24) is 15.5 Å². The molecular weight excluding hydrogens is 441 g/mol. The van der Waals surface area contributed by atoms with Crippen LogP contribution in [-0.4, -0.2) is 67.7 Å². The molecule has 186 valence electrons. The predicted octanol–water partition coefficient (Wildman–Crippen LogP) is 1.80. The Kier molecular flexibility index (Phi) is 16.2. The van der Waals surface area contributed by atoms with Crippen LogP contribution in [0.25, 0.3) is 5.57 Å². The molecule has 0 bridgehead atoms. The van der Waals surface area contributed by atoms with Gasteiger partial charge < -0.3 is 20.5 Å². The number of allylic oxidation sites excluding steroid dienone is 3. The normalized spacial score (nSPS) is 12.2. The van der Waals surface area contributed by atoms with E-state index in [0.29, 0.717) is 37.2 Å². The number of aliphatic hydroxyl groups excluding tert-OH is 1. The largest absolute Gasteiger partial charge is 0.461 e. The van der Waals surface area contributed by atoms with E-state index in [1.54, 1.807) is 36.4 Å². The van der Waals surface area contributed by atoms with E-state index < -0.39 is 6.10 Å². The van der Waals surface area contributed by atoms with Gasteiger partial charge in [-0.25, -0.2) is 4.39 Å². The zero-order valence-corrected chi connectivity index (χ0v) is 19.9. The molecule has 1 atom stereocenters. The first-order valence-electron chi connectivity index (χ1n) is 10.6. The van der Waals surface area contributed by atoms with Crippen molar-refractivity contribution in [2.75, 3.05) is 33.3 Å². The summed E-state index contributed by atoms with van der Waals surface area (Å²) in [6, 6.07) is 7.17. The fourth-order valence-electron chi connectivity index (χ4n) is 2.87. The molecule has 0 saturated heterocycles. The second-order valence-corrected chi connectivity index (χ2v) is 7.31. The minimum Gasteiger partial charge on any atom is -0.461 e. The maximum absolute atomic E-state index is 14.1. The molecule has 1 aromatic carbocycles. The van der Waals surface area contributed by atoms with Crippen LogP contribution in [0.15, 0.2) is 42.2 Å². The molecule has 8 nitrogen and oxygen atoms in total. The first-order chi connectivity index (χ1) is 16.3. The van der Waals surface area contributed by atoms with Gasteiger partial charge >= 0.3 is 0 Å². The van der Waals surface area contributed by atoms with Gasteiger partial charge in [-0.3, -0.25) is 19.3 Å². The van der Waals surface area contributed by atoms with Gasteiger partial charge in [-0.15, -0.1) is 12.8 Å². The lowest BCUT2D eigenvalue weighted by atomic mass is 10.0. The fourth-order valence-corrected chi connectivity index (χ4v) is 2.87. The summed E-state index contributed by atoms with van der Waals surface area (Å²) in [4.78, 5) is 35.0. The topological polar surface area (TPSA) is 108 Å². The minimum absolute atomic E-state index is 0.0561. The summed E-state index contributed by atoms with van der Waals surface area (Å²) < 4.78 is 19.1. The van der Waals surface area contributed by atoms with Crippen molar-refractivity contribution in [2.24, 2.45) is 0 Å². The molecule has 34 heavy (non-hydrogen) atoms. The Morgan fingerprint density at radius 1 is 1.21 bits per heavy atom. The van der Waals surface area contributed by atoms with Crippen LogP contribution in [0, 0.1) is 12.8 Å². The van der Waals surface area contributed by atoms with Gasteiger partial charge in [-0.05, 0) is 25.1 Å². The third-order valence-electron chi connectivity index (χ3n) is 4.51. The molecule has 0 fully saturated rings. The van der Waals surface area contributed by atoms with Crippen molar-refractivity contribution in [3.05, 3.63) is 53.4 Å². The summed E-state index contributed by atoms with van der Waals surface area (Å²) in [7, 11) is 1.82. The van der Waals surface area contributed by atoms with Crippen molar-refractivity contribution in [3.63, 3.8) is 0 Å². The Bertz CT molecular complexity index is 846. The molecule has 0 aliphatic carbocycles. The Morgan fingerprint density at radius 2 is 1.85 bits per heavy atom. The van der Waals surface area contributed by atoms with Crippen molar-refractivity contribution in [1.29, 1.82) is 0 Å². The number of likely N-dealkylation sites (N-methyl/N-ethyl adjacent to an activating group) is 1. The second-order valence-electron chi connectivity index (χ2n) is 7.31. The van der Waals surface area contributed by atoms with Crippen LogP contribution in [0.5, 0.6) is 0 Å². The van der Waals surface area contributed by atoms with Crippen LogP contribution in [0.2, 0.25) is 0 Å². The zero-order chi connectivity index (χ0) is 25.9. The highest BCUT2D eigenvalue weighted by Crippen LogP contribution is 2.21. The van der Waals surface area contributed by atoms with Gasteiger partial charge in [0.15, 0.2) is 0 Å². The van der Waals surface area contributed by atoms with E-state index >= 15 is 0 Å². The maximum atomic E-state index is 14.1. The standard InChI is InChI=1S/C23H32FN3O5.C2H2/c1-17(24)22(20-8-6-19(7-9-20)13-26-23(31)10-12-28)5-4-11-27(3)15-21(32-16-29)14-25-18(2)30;1-2/h4-9,16,21,28H,10-15H2,1-3H3,(H,25,30)(H,26,31);1-2H/b5-4-,22-17-;. The SMILES string of the molecule is C#C.CC(=O)NCC(CN(C)C/C=C\C(=C(/C)F)c1ccc(CNC(=O)CCO)cc1)OC=O. The first kappa shape index (κ1) is 30.5. The number of amides is 2. The zero-order valence-electron chi connectivity index (χ0n) is 19.9. The molecule has 1 unspecified atom stereocenters. The molecule has 0 saturated carbocycles. The first-order valence-corrected chi connectivity index (χ1v) is 10.6. The minimum atomic E-state index is -0.488. The average molecular weight is 476 g/mol. The number of nitrogens with one attached hydrogen (secondary N) is 2. The number of nitrogens with zero attached hydrogens (tertiary/aromatic N) is 1. The molecule has 3 N–H and O–H groups in total. The van der Waals surface area contributed by atoms with Gasteiger partial charge in [0.05, 0.1) is 13.2 Å². The Morgan fingerprint density at radius 3 is 2.38 bits per heavy atom. The second kappa shape index (κ2) is 18.0. The third kappa shape index (κ3) is 13.2. The number of benzene rings is 1. The van der Waals surface area contributed by atoms with E-state index in [4.69, 9.17) is 9.84 Å². The molecule has 1 rings (SSSR count). The molecule has 0 aromatic heterocycles. The lowest BCUT2D eigenvalue weighted by molar-refractivity contribution is -0.135. The number of ether oxygens (including phenoxy) is 1. The highest BCUT2D eigenvalue weighted by molar-refractivity contribution is 5.76. The molecular formula is C25H34FN3O5. The number of aliphatic hydroxyl groups is 1. The number of halogens is 1. The highest BCUT2D eigenvalue weighted by atomic mass is 19.1. The van der Waals surface area contributed by atoms with Crippen molar-refractivity contribution >= 4 is 23.9 Å². The maximum Gasteiger partial charge on any atom is 0.293 e. The summed E-state index contributed by atoms with van der Waals surface area (Å²) >= 11 is 0. The van der Waals surface area contributed by atoms with Crippen molar-refractivity contribution in [2.45, 2.75) is 32.9 Å². The van der Waals surface area contributed by atoms with Gasteiger partial charge in [-0.1, -0.05) is 36.4 Å². The van der Waals surface area contributed by atoms with Gasteiger partial charge in [-0.2, -0.15) is 0 Å². The molecule has 0 aliphatic rings. The molecule has 9 heteroatoms. The Balaban J connectivity index is 0.00000529. The average Bonchev–Trinajstić information content (AvgIpc) is 2.81. The molecule has 2 amide bonds. The van der Waals surface area contributed by atoms with Gasteiger partial charge in [0.1, 0.15) is 11.9 Å². The van der Waals surface area contributed by atoms with Crippen LogP contribution in [0.4, 0.5) is 4.39 Å². The molecule has 0 aliphatic heterocycles. The van der Waals surface area contributed by atoms with Crippen LogP contribution < -0.4 is 10.6 Å². The summed E-state index contributed by atoms with van der Waals surface area (Å²) in [5.74, 6) is -0.777. The summed E-state index contributed by atoms with van der Waals surface area (Å²) in [6.45, 7) is 4.34. The monoisotopic (exact) mass is 475 g/mol. The Hall–Kier alpha value is -3.48. The quantitative estimate of drug-likeness (QED) is 0.215. The summed E-state index contributed by atoms with van der Waals surface area (Å²) in [6.07, 6.45) is 11.1. The molecule has 0 radical (unpaired) electrons. The van der Waals surface area contributed by atoms with Crippen LogP contribution in [0.1, 0.15) is 31.4 Å². The number of carbonyl (C=O) groups is 3. The van der Waals surface area contributed by atoms with Crippen molar-refractivity contribution < 1.29 is 28.6 Å². The predicted molar refractivity (Wildman–Crippen MR) is 130 cm³/mol. The van der Waals surface area contributed by atoms with Gasteiger partial charge in [0.25, 0.3) is 6.47 Å². The highest BCUT2D eigenvalue weighted by Gasteiger charge is 2.12. The molecule has 1 aromatic rings. The number of hydrogen-bond donors (Lipinski definition) is 3. The number of carbonyl (C=O) groups excluding carboxylic acids is 3. The smallest absolute Gasteiger partial charge is 0.293 e. The van der Waals surface area contributed by atoms with E-state index in [1.165, 1.54) is 13.8 Å². The van der Waals surface area contributed by atoms with E-state index in [-0.39, 0.29) is 37.2 Å². The van der Waals surface area contributed by atoms with Crippen LogP contribution in [-0.2, 0) is 25.7 Å². The lowest BCUT2D eigenvalue weighted by Gasteiger charge is -2.21. The number of rotatable bonds is 14. The van der Waals surface area contributed by atoms with E-state index in [9.17, 15) is 18.8 Å². The van der Waals surface area contributed by atoms with E-state index in [0.717, 1.165) is 5.56 Å². The summed E-state index contributed by atoms with van der Waals surface area (Å²) in [5, 5.41) is 14.1. The van der Waals surface area contributed by atoms with Crippen molar-refractivity contribution in [3.8, 4) is 12.8 Å².